The largest absolute Gasteiger partial charge is 0.279 e. The van der Waals surface area contributed by atoms with E-state index in [1.165, 1.54) is 5.56 Å². The lowest BCUT2D eigenvalue weighted by Gasteiger charge is -2.19. The molecular formula is C17H17NO2S. The molecule has 3 nitrogen and oxygen atoms in total. The zero-order chi connectivity index (χ0) is 14.9. The number of nitrogens with one attached hydrogen (secondary N) is 1. The summed E-state index contributed by atoms with van der Waals surface area (Å²) in [5, 5.41) is 0. The molecule has 21 heavy (non-hydrogen) atoms. The van der Waals surface area contributed by atoms with Gasteiger partial charge in [0.1, 0.15) is 0 Å². The van der Waals surface area contributed by atoms with Crippen LogP contribution in [0.5, 0.6) is 0 Å². The summed E-state index contributed by atoms with van der Waals surface area (Å²) in [6.07, 6.45) is 3.75. The third kappa shape index (κ3) is 2.85. The number of sulfonamides is 1. The minimum absolute atomic E-state index is 0.289. The molecule has 0 bridgehead atoms. The molecule has 2 aromatic carbocycles. The van der Waals surface area contributed by atoms with Crippen molar-refractivity contribution < 1.29 is 8.42 Å². The van der Waals surface area contributed by atoms with Crippen molar-refractivity contribution in [2.75, 3.05) is 0 Å². The summed E-state index contributed by atoms with van der Waals surface area (Å²) in [5.74, 6) is 0. The normalized spacial score (nSPS) is 14.2. The lowest BCUT2D eigenvalue weighted by atomic mass is 9.95. The van der Waals surface area contributed by atoms with Crippen molar-refractivity contribution in [3.8, 4) is 0 Å². The van der Waals surface area contributed by atoms with Crippen molar-refractivity contribution in [1.82, 2.24) is 4.72 Å². The Labute approximate surface area is 125 Å². The van der Waals surface area contributed by atoms with Crippen molar-refractivity contribution in [1.29, 1.82) is 0 Å². The van der Waals surface area contributed by atoms with Gasteiger partial charge in [0.15, 0.2) is 0 Å². The van der Waals surface area contributed by atoms with Crippen LogP contribution in [-0.2, 0) is 16.4 Å². The minimum Gasteiger partial charge on any atom is -0.279 e. The van der Waals surface area contributed by atoms with Gasteiger partial charge in [-0.25, -0.2) is 8.42 Å². The van der Waals surface area contributed by atoms with Gasteiger partial charge in [-0.05, 0) is 37.5 Å². The molecular weight excluding hydrogens is 282 g/mol. The Morgan fingerprint density at radius 1 is 1.00 bits per heavy atom. The maximum Gasteiger partial charge on any atom is 0.261 e. The highest BCUT2D eigenvalue weighted by Gasteiger charge is 2.19. The molecule has 0 atom stereocenters. The smallest absolute Gasteiger partial charge is 0.261 e. The average molecular weight is 299 g/mol. The Morgan fingerprint density at radius 3 is 2.48 bits per heavy atom. The molecule has 1 aliphatic carbocycles. The van der Waals surface area contributed by atoms with Crippen LogP contribution in [0.1, 0.15) is 23.1 Å². The van der Waals surface area contributed by atoms with Gasteiger partial charge in [0.2, 0.25) is 0 Å². The van der Waals surface area contributed by atoms with E-state index in [9.17, 15) is 8.42 Å². The molecule has 2 aromatic rings. The number of hydrogen-bond donors (Lipinski definition) is 1. The third-order valence-electron chi connectivity index (χ3n) is 3.65. The van der Waals surface area contributed by atoms with Crippen LogP contribution in [0.3, 0.4) is 0 Å². The fraction of sp³-hybridized carbons (Fsp3) is 0.176. The molecule has 0 amide bonds. The van der Waals surface area contributed by atoms with Crippen LogP contribution in [0, 0.1) is 6.92 Å². The van der Waals surface area contributed by atoms with Crippen molar-refractivity contribution >= 4 is 15.7 Å². The zero-order valence-corrected chi connectivity index (χ0v) is 12.7. The Hall–Kier alpha value is -2.07. The van der Waals surface area contributed by atoms with Crippen molar-refractivity contribution in [2.45, 2.75) is 24.7 Å². The lowest BCUT2D eigenvalue weighted by Crippen LogP contribution is -2.24. The number of aryl methyl sites for hydroxylation is 2. The molecule has 0 spiro atoms. The standard InChI is InChI=1S/C17H17NO2S/c1-13-9-11-15(12-10-13)21(19,20)18-17-8-4-6-14-5-2-3-7-16(14)17/h2-3,5,7-12,18H,4,6H2,1H3. The van der Waals surface area contributed by atoms with Crippen LogP contribution < -0.4 is 4.72 Å². The summed E-state index contributed by atoms with van der Waals surface area (Å²) < 4.78 is 27.7. The fourth-order valence-electron chi connectivity index (χ4n) is 2.50. The summed E-state index contributed by atoms with van der Waals surface area (Å²) in [5.41, 5.74) is 3.87. The van der Waals surface area contributed by atoms with Gasteiger partial charge in [-0.1, -0.05) is 48.0 Å². The summed E-state index contributed by atoms with van der Waals surface area (Å²) in [4.78, 5) is 0.289. The lowest BCUT2D eigenvalue weighted by molar-refractivity contribution is 0.591. The van der Waals surface area contributed by atoms with E-state index in [2.05, 4.69) is 4.72 Å². The molecule has 0 aromatic heterocycles. The second-order valence-electron chi connectivity index (χ2n) is 5.23. The number of benzene rings is 2. The molecule has 0 heterocycles. The first kappa shape index (κ1) is 13.9. The van der Waals surface area contributed by atoms with Crippen LogP contribution in [0.4, 0.5) is 0 Å². The Kier molecular flexibility index (Phi) is 3.55. The summed E-state index contributed by atoms with van der Waals surface area (Å²) in [7, 11) is -3.54. The van der Waals surface area contributed by atoms with Gasteiger partial charge < -0.3 is 0 Å². The maximum absolute atomic E-state index is 12.5. The summed E-state index contributed by atoms with van der Waals surface area (Å²) in [6.45, 7) is 1.93. The van der Waals surface area contributed by atoms with Crippen LogP contribution in [-0.4, -0.2) is 8.42 Å². The van der Waals surface area contributed by atoms with Gasteiger partial charge in [-0.3, -0.25) is 4.72 Å². The summed E-state index contributed by atoms with van der Waals surface area (Å²) >= 11 is 0. The van der Waals surface area contributed by atoms with E-state index in [1.807, 2.05) is 37.3 Å². The molecule has 4 heteroatoms. The van der Waals surface area contributed by atoms with E-state index in [0.29, 0.717) is 5.70 Å². The first-order valence-corrected chi connectivity index (χ1v) is 8.42. The van der Waals surface area contributed by atoms with E-state index in [0.717, 1.165) is 24.0 Å². The van der Waals surface area contributed by atoms with Gasteiger partial charge in [0.05, 0.1) is 10.6 Å². The van der Waals surface area contributed by atoms with Crippen LogP contribution in [0.15, 0.2) is 59.5 Å². The molecule has 0 saturated carbocycles. The molecule has 0 saturated heterocycles. The van der Waals surface area contributed by atoms with Crippen LogP contribution >= 0.6 is 0 Å². The number of hydrogen-bond acceptors (Lipinski definition) is 2. The first-order chi connectivity index (χ1) is 10.1. The highest BCUT2D eigenvalue weighted by atomic mass is 32.2. The van der Waals surface area contributed by atoms with Gasteiger partial charge >= 0.3 is 0 Å². The van der Waals surface area contributed by atoms with Crippen molar-refractivity contribution in [2.24, 2.45) is 0 Å². The van der Waals surface area contributed by atoms with Crippen molar-refractivity contribution in [3.05, 3.63) is 71.3 Å². The van der Waals surface area contributed by atoms with E-state index in [4.69, 9.17) is 0 Å². The monoisotopic (exact) mass is 299 g/mol. The molecule has 0 unspecified atom stereocenters. The molecule has 3 rings (SSSR count). The maximum atomic E-state index is 12.5. The molecule has 0 fully saturated rings. The van der Waals surface area contributed by atoms with Gasteiger partial charge in [-0.2, -0.15) is 0 Å². The minimum atomic E-state index is -3.54. The third-order valence-corrected chi connectivity index (χ3v) is 5.03. The van der Waals surface area contributed by atoms with Crippen molar-refractivity contribution in [3.63, 3.8) is 0 Å². The van der Waals surface area contributed by atoms with Gasteiger partial charge in [-0.15, -0.1) is 0 Å². The second kappa shape index (κ2) is 5.37. The number of rotatable bonds is 3. The molecule has 0 radical (unpaired) electrons. The zero-order valence-electron chi connectivity index (χ0n) is 11.8. The van der Waals surface area contributed by atoms with E-state index in [1.54, 1.807) is 24.3 Å². The molecule has 108 valence electrons. The second-order valence-corrected chi connectivity index (χ2v) is 6.91. The quantitative estimate of drug-likeness (QED) is 0.945. The van der Waals surface area contributed by atoms with Crippen LogP contribution in [0.2, 0.25) is 0 Å². The predicted molar refractivity (Wildman–Crippen MR) is 84.2 cm³/mol. The average Bonchev–Trinajstić information content (AvgIpc) is 2.48. The SMILES string of the molecule is Cc1ccc(S(=O)(=O)NC2=CCCc3ccccc32)cc1. The molecule has 1 aliphatic rings. The first-order valence-electron chi connectivity index (χ1n) is 6.94. The highest BCUT2D eigenvalue weighted by molar-refractivity contribution is 7.89. The van der Waals surface area contributed by atoms with Crippen LogP contribution in [0.25, 0.3) is 5.70 Å². The number of allylic oxidation sites excluding steroid dienone is 1. The molecule has 1 N–H and O–H groups in total. The Morgan fingerprint density at radius 2 is 1.71 bits per heavy atom. The van der Waals surface area contributed by atoms with Gasteiger partial charge in [0.25, 0.3) is 10.0 Å². The Bertz CT molecular complexity index is 790. The Balaban J connectivity index is 1.93. The van der Waals surface area contributed by atoms with E-state index < -0.39 is 10.0 Å². The van der Waals surface area contributed by atoms with E-state index in [-0.39, 0.29) is 4.90 Å². The topological polar surface area (TPSA) is 46.2 Å². The predicted octanol–water partition coefficient (Wildman–Crippen LogP) is 3.26. The van der Waals surface area contributed by atoms with E-state index >= 15 is 0 Å². The number of fused-ring (bicyclic) bond motifs is 1. The highest BCUT2D eigenvalue weighted by Crippen LogP contribution is 2.25. The van der Waals surface area contributed by atoms with Gasteiger partial charge in [0, 0.05) is 5.56 Å². The fourth-order valence-corrected chi connectivity index (χ4v) is 3.60. The summed E-state index contributed by atoms with van der Waals surface area (Å²) in [6, 6.07) is 14.8. The molecule has 0 aliphatic heterocycles.